The lowest BCUT2D eigenvalue weighted by molar-refractivity contribution is -0.151. The number of hydrogen-bond acceptors (Lipinski definition) is 5. The maximum atomic E-state index is 13.7. The second-order valence-electron chi connectivity index (χ2n) is 8.66. The molecule has 10 heteroatoms. The molecule has 4 aromatic rings. The van der Waals surface area contributed by atoms with Crippen molar-refractivity contribution in [3.8, 4) is 11.3 Å². The fraction of sp³-hybridized carbons (Fsp3) is 0.240. The largest absolute Gasteiger partial charge is 0.411 e. The van der Waals surface area contributed by atoms with Gasteiger partial charge >= 0.3 is 6.18 Å². The van der Waals surface area contributed by atoms with Crippen molar-refractivity contribution in [1.82, 2.24) is 15.0 Å². The van der Waals surface area contributed by atoms with E-state index in [4.69, 9.17) is 11.6 Å². The Balaban J connectivity index is 1.54. The summed E-state index contributed by atoms with van der Waals surface area (Å²) in [5.74, 6) is -0.253. The molecule has 5 rings (SSSR count). The SMILES string of the molecule is Cc1cc(Cl)cc(CNc2nc(NC3(C(F)(F)F)CC3)c3nc(-c4ccc(F)cc4)ccc3n2)c1. The molecule has 0 atom stereocenters. The number of aryl methyl sites for hydroxylation is 1. The number of nitrogens with one attached hydrogen (secondary N) is 2. The van der Waals surface area contributed by atoms with Crippen LogP contribution in [0.4, 0.5) is 29.3 Å². The number of nitrogens with zero attached hydrogens (tertiary/aromatic N) is 3. The molecule has 5 nitrogen and oxygen atoms in total. The highest BCUT2D eigenvalue weighted by Gasteiger charge is 2.64. The number of benzene rings is 2. The van der Waals surface area contributed by atoms with Crippen LogP contribution in [0.25, 0.3) is 22.3 Å². The number of alkyl halides is 3. The van der Waals surface area contributed by atoms with Crippen LogP contribution in [0.5, 0.6) is 0 Å². The van der Waals surface area contributed by atoms with E-state index in [1.807, 2.05) is 19.1 Å². The molecule has 180 valence electrons. The lowest BCUT2D eigenvalue weighted by atomic mass is 10.1. The van der Waals surface area contributed by atoms with Gasteiger partial charge in [-0.25, -0.2) is 14.4 Å². The molecule has 0 unspecified atom stereocenters. The minimum absolute atomic E-state index is 0.0152. The van der Waals surface area contributed by atoms with Crippen molar-refractivity contribution in [2.45, 2.75) is 38.0 Å². The van der Waals surface area contributed by atoms with E-state index in [-0.39, 0.29) is 30.1 Å². The number of halogens is 5. The molecule has 1 aliphatic rings. The van der Waals surface area contributed by atoms with Crippen molar-refractivity contribution in [3.05, 3.63) is 76.6 Å². The van der Waals surface area contributed by atoms with Crippen LogP contribution < -0.4 is 10.6 Å². The maximum Gasteiger partial charge on any atom is 0.411 e. The minimum atomic E-state index is -4.44. The fourth-order valence-corrected chi connectivity index (χ4v) is 4.20. The van der Waals surface area contributed by atoms with Crippen molar-refractivity contribution in [1.29, 1.82) is 0 Å². The summed E-state index contributed by atoms with van der Waals surface area (Å²) in [5.41, 5.74) is 1.48. The van der Waals surface area contributed by atoms with E-state index in [2.05, 4.69) is 25.6 Å². The molecule has 2 N–H and O–H groups in total. The van der Waals surface area contributed by atoms with Crippen molar-refractivity contribution >= 4 is 34.4 Å². The van der Waals surface area contributed by atoms with Gasteiger partial charge in [0.25, 0.3) is 0 Å². The van der Waals surface area contributed by atoms with Gasteiger partial charge in [-0.3, -0.25) is 0 Å². The number of hydrogen-bond donors (Lipinski definition) is 2. The average molecular weight is 502 g/mol. The monoisotopic (exact) mass is 501 g/mol. The molecule has 0 spiro atoms. The maximum absolute atomic E-state index is 13.7. The Morgan fingerprint density at radius 3 is 2.37 bits per heavy atom. The van der Waals surface area contributed by atoms with Crippen LogP contribution in [-0.4, -0.2) is 26.7 Å². The molecule has 2 aromatic carbocycles. The standard InChI is InChI=1S/C25H20ClF4N5/c1-14-10-15(12-17(26)11-14)13-31-23-33-20-7-6-19(16-2-4-18(27)5-3-16)32-21(20)22(34-23)35-24(8-9-24)25(28,29)30/h2-7,10-12H,8-9,13H2,1H3,(H2,31,33,34,35). The van der Waals surface area contributed by atoms with Crippen LogP contribution in [0, 0.1) is 12.7 Å². The molecule has 0 amide bonds. The summed E-state index contributed by atoms with van der Waals surface area (Å²) < 4.78 is 54.5. The first kappa shape index (κ1) is 23.3. The van der Waals surface area contributed by atoms with Crippen LogP contribution in [-0.2, 0) is 6.54 Å². The smallest absolute Gasteiger partial charge is 0.354 e. The van der Waals surface area contributed by atoms with Gasteiger partial charge in [-0.05, 0) is 79.4 Å². The Morgan fingerprint density at radius 1 is 0.971 bits per heavy atom. The lowest BCUT2D eigenvalue weighted by Crippen LogP contribution is -2.39. The van der Waals surface area contributed by atoms with E-state index < -0.39 is 17.5 Å². The number of aromatic nitrogens is 3. The minimum Gasteiger partial charge on any atom is -0.354 e. The van der Waals surface area contributed by atoms with Crippen molar-refractivity contribution < 1.29 is 17.6 Å². The zero-order valence-corrected chi connectivity index (χ0v) is 19.3. The Kier molecular flexibility index (Phi) is 5.75. The zero-order valence-electron chi connectivity index (χ0n) is 18.5. The highest BCUT2D eigenvalue weighted by atomic mass is 35.5. The van der Waals surface area contributed by atoms with Crippen LogP contribution in [0.1, 0.15) is 24.0 Å². The van der Waals surface area contributed by atoms with Crippen molar-refractivity contribution in [2.24, 2.45) is 0 Å². The molecule has 1 aliphatic carbocycles. The molecule has 0 saturated heterocycles. The first-order valence-corrected chi connectivity index (χ1v) is 11.3. The Bertz CT molecular complexity index is 1380. The van der Waals surface area contributed by atoms with Gasteiger partial charge in [-0.2, -0.15) is 18.2 Å². The summed E-state index contributed by atoms with van der Waals surface area (Å²) in [4.78, 5) is 13.3. The third kappa shape index (κ3) is 4.86. The van der Waals surface area contributed by atoms with E-state index in [1.54, 1.807) is 30.3 Å². The van der Waals surface area contributed by atoms with Gasteiger partial charge in [-0.15, -0.1) is 0 Å². The van der Waals surface area contributed by atoms with Gasteiger partial charge in [0, 0.05) is 17.1 Å². The van der Waals surface area contributed by atoms with E-state index in [9.17, 15) is 17.6 Å². The van der Waals surface area contributed by atoms with E-state index >= 15 is 0 Å². The number of rotatable bonds is 6. The van der Waals surface area contributed by atoms with Gasteiger partial charge in [0.05, 0.1) is 11.2 Å². The van der Waals surface area contributed by atoms with Gasteiger partial charge in [-0.1, -0.05) is 17.7 Å². The summed E-state index contributed by atoms with van der Waals surface area (Å²) >= 11 is 6.13. The third-order valence-electron chi connectivity index (χ3n) is 5.89. The molecule has 2 heterocycles. The van der Waals surface area contributed by atoms with Crippen LogP contribution in [0.15, 0.2) is 54.6 Å². The Hall–Kier alpha value is -3.46. The predicted octanol–water partition coefficient (Wildman–Crippen LogP) is 6.91. The van der Waals surface area contributed by atoms with Crippen molar-refractivity contribution in [3.63, 3.8) is 0 Å². The van der Waals surface area contributed by atoms with Gasteiger partial charge in [0.1, 0.15) is 16.9 Å². The Labute approximate surface area is 203 Å². The summed E-state index contributed by atoms with van der Waals surface area (Å²) in [6, 6.07) is 14.6. The normalized spacial score (nSPS) is 14.7. The van der Waals surface area contributed by atoms with Gasteiger partial charge in [0.2, 0.25) is 5.95 Å². The first-order valence-electron chi connectivity index (χ1n) is 10.9. The molecular formula is C25H20ClF4N5. The van der Waals surface area contributed by atoms with Gasteiger partial charge < -0.3 is 10.6 Å². The van der Waals surface area contributed by atoms with Crippen molar-refractivity contribution in [2.75, 3.05) is 10.6 Å². The highest BCUT2D eigenvalue weighted by Crippen LogP contribution is 2.51. The van der Waals surface area contributed by atoms with Crippen LogP contribution >= 0.6 is 11.6 Å². The van der Waals surface area contributed by atoms with Crippen LogP contribution in [0.3, 0.4) is 0 Å². The van der Waals surface area contributed by atoms with E-state index in [1.165, 1.54) is 12.1 Å². The molecular weight excluding hydrogens is 482 g/mol. The van der Waals surface area contributed by atoms with E-state index in [0.717, 1.165) is 11.1 Å². The summed E-state index contributed by atoms with van der Waals surface area (Å²) in [5, 5.41) is 6.26. The molecule has 35 heavy (non-hydrogen) atoms. The first-order chi connectivity index (χ1) is 16.6. The lowest BCUT2D eigenvalue weighted by Gasteiger charge is -2.22. The predicted molar refractivity (Wildman–Crippen MR) is 128 cm³/mol. The molecule has 2 aromatic heterocycles. The molecule has 1 fully saturated rings. The number of pyridine rings is 1. The quantitative estimate of drug-likeness (QED) is 0.281. The zero-order chi connectivity index (χ0) is 24.8. The summed E-state index contributed by atoms with van der Waals surface area (Å²) in [7, 11) is 0. The number of fused-ring (bicyclic) bond motifs is 1. The molecule has 1 saturated carbocycles. The van der Waals surface area contributed by atoms with Gasteiger partial charge in [0.15, 0.2) is 5.82 Å². The second-order valence-corrected chi connectivity index (χ2v) is 9.10. The topological polar surface area (TPSA) is 62.7 Å². The summed E-state index contributed by atoms with van der Waals surface area (Å²) in [6.45, 7) is 2.25. The molecule has 0 aliphatic heterocycles. The highest BCUT2D eigenvalue weighted by molar-refractivity contribution is 6.30. The number of anilines is 2. The molecule has 0 bridgehead atoms. The fourth-order valence-electron chi connectivity index (χ4n) is 3.89. The molecule has 0 radical (unpaired) electrons. The average Bonchev–Trinajstić information content (AvgIpc) is 3.58. The van der Waals surface area contributed by atoms with Crippen LogP contribution in [0.2, 0.25) is 5.02 Å². The summed E-state index contributed by atoms with van der Waals surface area (Å²) in [6.07, 6.45) is -4.54. The van der Waals surface area contributed by atoms with E-state index in [0.29, 0.717) is 28.3 Å². The Morgan fingerprint density at radius 2 is 1.71 bits per heavy atom. The third-order valence-corrected chi connectivity index (χ3v) is 6.10. The second kappa shape index (κ2) is 8.64.